The van der Waals surface area contributed by atoms with Gasteiger partial charge in [-0.3, -0.25) is 4.68 Å². The lowest BCUT2D eigenvalue weighted by molar-refractivity contribution is 0.550. The SMILES string of the molecule is Cc1c(S(=O)(=O)F)c(Br)nn1C. The van der Waals surface area contributed by atoms with Crippen LogP contribution in [0.1, 0.15) is 5.69 Å². The predicted octanol–water partition coefficient (Wildman–Crippen LogP) is 1.15. The number of aryl methyl sites for hydroxylation is 1. The molecule has 0 radical (unpaired) electrons. The molecule has 4 nitrogen and oxygen atoms in total. The molecule has 0 saturated carbocycles. The number of nitrogens with zero attached hydrogens (tertiary/aromatic N) is 2. The molecule has 0 bridgehead atoms. The van der Waals surface area contributed by atoms with Crippen LogP contribution in [0.25, 0.3) is 0 Å². The fraction of sp³-hybridized carbons (Fsp3) is 0.400. The normalized spacial score (nSPS) is 12.0. The second-order valence-corrected chi connectivity index (χ2v) is 4.30. The maximum Gasteiger partial charge on any atom is 0.336 e. The molecular formula is C5H6BrFN2O2S. The fourth-order valence-electron chi connectivity index (χ4n) is 0.825. The Labute approximate surface area is 77.7 Å². The molecule has 68 valence electrons. The minimum Gasteiger partial charge on any atom is -0.270 e. The number of rotatable bonds is 1. The van der Waals surface area contributed by atoms with Gasteiger partial charge in [-0.05, 0) is 22.9 Å². The summed E-state index contributed by atoms with van der Waals surface area (Å²) in [5, 5.41) is 3.69. The Morgan fingerprint density at radius 1 is 1.58 bits per heavy atom. The molecule has 0 amide bonds. The predicted molar refractivity (Wildman–Crippen MR) is 43.9 cm³/mol. The van der Waals surface area contributed by atoms with Crippen molar-refractivity contribution in [3.8, 4) is 0 Å². The third-order valence-electron chi connectivity index (χ3n) is 1.48. The molecule has 0 saturated heterocycles. The lowest BCUT2D eigenvalue weighted by Crippen LogP contribution is -1.97. The lowest BCUT2D eigenvalue weighted by Gasteiger charge is -1.93. The average Bonchev–Trinajstić information content (AvgIpc) is 2.05. The first kappa shape index (κ1) is 9.66. The van der Waals surface area contributed by atoms with Gasteiger partial charge in [0, 0.05) is 7.05 Å². The maximum atomic E-state index is 12.5. The van der Waals surface area contributed by atoms with E-state index in [0.29, 0.717) is 0 Å². The standard InChI is InChI=1S/C5H6BrFN2O2S/c1-3-4(12(7,10)11)5(6)8-9(3)2/h1-2H3. The van der Waals surface area contributed by atoms with E-state index in [1.54, 1.807) is 0 Å². The van der Waals surface area contributed by atoms with Crippen LogP contribution in [0, 0.1) is 6.92 Å². The van der Waals surface area contributed by atoms with Crippen molar-refractivity contribution in [1.29, 1.82) is 0 Å². The molecule has 0 fully saturated rings. The summed E-state index contributed by atoms with van der Waals surface area (Å²) in [7, 11) is -3.14. The Morgan fingerprint density at radius 3 is 2.25 bits per heavy atom. The van der Waals surface area contributed by atoms with Crippen molar-refractivity contribution in [2.75, 3.05) is 0 Å². The molecule has 0 unspecified atom stereocenters. The Kier molecular flexibility index (Phi) is 2.26. The van der Waals surface area contributed by atoms with E-state index >= 15 is 0 Å². The molecule has 1 rings (SSSR count). The van der Waals surface area contributed by atoms with Crippen LogP contribution in [0.15, 0.2) is 9.50 Å². The van der Waals surface area contributed by atoms with Crippen molar-refractivity contribution in [3.05, 3.63) is 10.3 Å². The molecule has 0 aliphatic heterocycles. The zero-order valence-corrected chi connectivity index (χ0v) is 8.78. The van der Waals surface area contributed by atoms with Crippen LogP contribution in [0.5, 0.6) is 0 Å². The molecule has 0 N–H and O–H groups in total. The molecule has 1 aromatic heterocycles. The third kappa shape index (κ3) is 1.51. The van der Waals surface area contributed by atoms with Gasteiger partial charge in [0.05, 0.1) is 5.69 Å². The quantitative estimate of drug-likeness (QED) is 0.709. The van der Waals surface area contributed by atoms with Crippen molar-refractivity contribution in [2.45, 2.75) is 11.8 Å². The molecule has 0 aliphatic carbocycles. The Balaban J connectivity index is 3.54. The largest absolute Gasteiger partial charge is 0.336 e. The summed E-state index contributed by atoms with van der Waals surface area (Å²) in [5.41, 5.74) is 0.268. The Bertz CT molecular complexity index is 411. The molecule has 0 spiro atoms. The molecule has 1 aromatic rings. The second kappa shape index (κ2) is 2.81. The van der Waals surface area contributed by atoms with Crippen molar-refractivity contribution in [2.24, 2.45) is 7.05 Å². The topological polar surface area (TPSA) is 52.0 Å². The highest BCUT2D eigenvalue weighted by Crippen LogP contribution is 2.25. The monoisotopic (exact) mass is 256 g/mol. The van der Waals surface area contributed by atoms with Gasteiger partial charge in [0.2, 0.25) is 0 Å². The van der Waals surface area contributed by atoms with Gasteiger partial charge in [0.15, 0.2) is 4.90 Å². The number of halogens is 2. The summed E-state index contributed by atoms with van der Waals surface area (Å²) in [6.45, 7) is 1.48. The summed E-state index contributed by atoms with van der Waals surface area (Å²) in [6.07, 6.45) is 0. The van der Waals surface area contributed by atoms with Crippen molar-refractivity contribution >= 4 is 26.2 Å². The van der Waals surface area contributed by atoms with Crippen LogP contribution in [0.2, 0.25) is 0 Å². The minimum absolute atomic E-state index is 0.00463. The minimum atomic E-state index is -4.67. The number of hydrogen-bond acceptors (Lipinski definition) is 3. The Hall–Kier alpha value is -0.430. The van der Waals surface area contributed by atoms with Crippen LogP contribution in [-0.2, 0) is 17.3 Å². The Morgan fingerprint density at radius 2 is 2.08 bits per heavy atom. The first-order valence-electron chi connectivity index (χ1n) is 2.98. The van der Waals surface area contributed by atoms with Crippen molar-refractivity contribution in [3.63, 3.8) is 0 Å². The maximum absolute atomic E-state index is 12.5. The van der Waals surface area contributed by atoms with Crippen LogP contribution in [0.4, 0.5) is 3.89 Å². The van der Waals surface area contributed by atoms with E-state index in [4.69, 9.17) is 0 Å². The smallest absolute Gasteiger partial charge is 0.270 e. The van der Waals surface area contributed by atoms with E-state index in [0.717, 1.165) is 0 Å². The highest BCUT2D eigenvalue weighted by molar-refractivity contribution is 9.10. The van der Waals surface area contributed by atoms with Crippen LogP contribution in [-0.4, -0.2) is 18.2 Å². The molecule has 0 atom stereocenters. The second-order valence-electron chi connectivity index (χ2n) is 2.27. The van der Waals surface area contributed by atoms with E-state index in [1.165, 1.54) is 18.7 Å². The summed E-state index contributed by atoms with van der Waals surface area (Å²) >= 11 is 2.85. The van der Waals surface area contributed by atoms with E-state index in [-0.39, 0.29) is 10.3 Å². The zero-order chi connectivity index (χ0) is 9.52. The molecule has 1 heterocycles. The van der Waals surface area contributed by atoms with Gasteiger partial charge in [0.1, 0.15) is 4.60 Å². The highest BCUT2D eigenvalue weighted by Gasteiger charge is 2.23. The average molecular weight is 257 g/mol. The third-order valence-corrected chi connectivity index (χ3v) is 3.28. The van der Waals surface area contributed by atoms with Gasteiger partial charge in [0.25, 0.3) is 0 Å². The van der Waals surface area contributed by atoms with Gasteiger partial charge < -0.3 is 0 Å². The van der Waals surface area contributed by atoms with Crippen molar-refractivity contribution in [1.82, 2.24) is 9.78 Å². The molecular weight excluding hydrogens is 251 g/mol. The van der Waals surface area contributed by atoms with Crippen LogP contribution in [0.3, 0.4) is 0 Å². The van der Waals surface area contributed by atoms with E-state index in [2.05, 4.69) is 21.0 Å². The summed E-state index contributed by atoms with van der Waals surface area (Å²) < 4.78 is 34.9. The summed E-state index contributed by atoms with van der Waals surface area (Å²) in [6, 6.07) is 0. The molecule has 7 heteroatoms. The van der Waals surface area contributed by atoms with E-state index < -0.39 is 15.1 Å². The molecule has 0 aliphatic rings. The zero-order valence-electron chi connectivity index (χ0n) is 6.38. The molecule has 12 heavy (non-hydrogen) atoms. The van der Waals surface area contributed by atoms with Gasteiger partial charge >= 0.3 is 10.2 Å². The number of aromatic nitrogens is 2. The first-order valence-corrected chi connectivity index (χ1v) is 5.15. The first-order chi connectivity index (χ1) is 5.34. The van der Waals surface area contributed by atoms with Gasteiger partial charge in [-0.25, -0.2) is 0 Å². The van der Waals surface area contributed by atoms with E-state index in [1.807, 2.05) is 0 Å². The molecule has 0 aromatic carbocycles. The van der Waals surface area contributed by atoms with Gasteiger partial charge in [-0.1, -0.05) is 0 Å². The lowest BCUT2D eigenvalue weighted by atomic mass is 10.5. The van der Waals surface area contributed by atoms with Gasteiger partial charge in [-0.2, -0.15) is 13.5 Å². The van der Waals surface area contributed by atoms with Gasteiger partial charge in [-0.15, -0.1) is 3.89 Å². The highest BCUT2D eigenvalue weighted by atomic mass is 79.9. The summed E-state index contributed by atoms with van der Waals surface area (Å²) in [5.74, 6) is 0. The number of hydrogen-bond donors (Lipinski definition) is 0. The fourth-order valence-corrected chi connectivity index (χ4v) is 2.66. The van der Waals surface area contributed by atoms with Crippen molar-refractivity contribution < 1.29 is 12.3 Å². The van der Waals surface area contributed by atoms with E-state index in [9.17, 15) is 12.3 Å². The van der Waals surface area contributed by atoms with Crippen LogP contribution >= 0.6 is 15.9 Å². The summed E-state index contributed by atoms with van der Waals surface area (Å²) in [4.78, 5) is -0.398. The van der Waals surface area contributed by atoms with Crippen LogP contribution < -0.4 is 0 Å².